The highest BCUT2D eigenvalue weighted by atomic mass is 16.5. The first kappa shape index (κ1) is 16.5. The van der Waals surface area contributed by atoms with E-state index in [0.29, 0.717) is 12.4 Å². The Labute approximate surface area is 150 Å². The summed E-state index contributed by atoms with van der Waals surface area (Å²) < 4.78 is 6.14. The molecule has 0 bridgehead atoms. The molecule has 1 saturated heterocycles. The number of nitrogens with zero attached hydrogens (tertiary/aromatic N) is 1. The Kier molecular flexibility index (Phi) is 4.93. The van der Waals surface area contributed by atoms with Crippen molar-refractivity contribution in [1.29, 1.82) is 0 Å². The van der Waals surface area contributed by atoms with Gasteiger partial charge in [0.25, 0.3) is 0 Å². The van der Waals surface area contributed by atoms with E-state index in [0.717, 1.165) is 36.3 Å². The second-order valence-electron chi connectivity index (χ2n) is 7.20. The average Bonchev–Trinajstić information content (AvgIpc) is 3.16. The van der Waals surface area contributed by atoms with Crippen molar-refractivity contribution in [3.63, 3.8) is 0 Å². The summed E-state index contributed by atoms with van der Waals surface area (Å²) in [5.41, 5.74) is 4.70. The number of phenols is 1. The standard InChI is InChI=1S/C22H27NO2/c24-20-16-21(25-15-14-23-12-6-7-13-23)18-10-4-5-11-19(18)22(20)17-8-2-1-3-9-17/h1-3,8-9,16,24H,4-7,10-15H2. The summed E-state index contributed by atoms with van der Waals surface area (Å²) in [5.74, 6) is 1.24. The lowest BCUT2D eigenvalue weighted by molar-refractivity contribution is 0.235. The Balaban J connectivity index is 1.61. The van der Waals surface area contributed by atoms with E-state index in [1.54, 1.807) is 0 Å². The van der Waals surface area contributed by atoms with Crippen LogP contribution in [0.3, 0.4) is 0 Å². The molecule has 1 N–H and O–H groups in total. The zero-order valence-electron chi connectivity index (χ0n) is 14.8. The van der Waals surface area contributed by atoms with Crippen LogP contribution in [-0.2, 0) is 12.8 Å². The second kappa shape index (κ2) is 7.49. The molecule has 2 aliphatic rings. The molecule has 0 atom stereocenters. The first-order chi connectivity index (χ1) is 12.3. The van der Waals surface area contributed by atoms with E-state index in [9.17, 15) is 5.11 Å². The average molecular weight is 337 g/mol. The van der Waals surface area contributed by atoms with Crippen LogP contribution in [0, 0.1) is 0 Å². The third kappa shape index (κ3) is 3.52. The lowest BCUT2D eigenvalue weighted by atomic mass is 9.84. The van der Waals surface area contributed by atoms with Crippen molar-refractivity contribution < 1.29 is 9.84 Å². The van der Waals surface area contributed by atoms with E-state index in [1.807, 2.05) is 24.3 Å². The first-order valence-corrected chi connectivity index (χ1v) is 9.61. The van der Waals surface area contributed by atoms with Crippen LogP contribution in [0.5, 0.6) is 11.5 Å². The van der Waals surface area contributed by atoms with E-state index in [1.165, 1.54) is 49.9 Å². The maximum atomic E-state index is 10.7. The molecule has 0 unspecified atom stereocenters. The van der Waals surface area contributed by atoms with Crippen LogP contribution in [0.25, 0.3) is 11.1 Å². The summed E-state index contributed by atoms with van der Waals surface area (Å²) >= 11 is 0. The van der Waals surface area contributed by atoms with Gasteiger partial charge in [0.2, 0.25) is 0 Å². The molecule has 3 nitrogen and oxygen atoms in total. The van der Waals surface area contributed by atoms with Gasteiger partial charge < -0.3 is 9.84 Å². The third-order valence-electron chi connectivity index (χ3n) is 5.52. The molecule has 3 heteroatoms. The number of ether oxygens (including phenoxy) is 1. The molecule has 1 fully saturated rings. The number of likely N-dealkylation sites (tertiary alicyclic amines) is 1. The van der Waals surface area contributed by atoms with Crippen LogP contribution in [-0.4, -0.2) is 36.2 Å². The van der Waals surface area contributed by atoms with E-state index >= 15 is 0 Å². The zero-order valence-corrected chi connectivity index (χ0v) is 14.8. The van der Waals surface area contributed by atoms with Gasteiger partial charge in [-0.15, -0.1) is 0 Å². The van der Waals surface area contributed by atoms with Crippen LogP contribution < -0.4 is 4.74 Å². The van der Waals surface area contributed by atoms with Crippen LogP contribution in [0.4, 0.5) is 0 Å². The van der Waals surface area contributed by atoms with Crippen LogP contribution >= 0.6 is 0 Å². The predicted molar refractivity (Wildman–Crippen MR) is 101 cm³/mol. The summed E-state index contributed by atoms with van der Waals surface area (Å²) in [6.45, 7) is 4.08. The Morgan fingerprint density at radius 3 is 2.40 bits per heavy atom. The molecule has 0 aromatic heterocycles. The fourth-order valence-electron chi connectivity index (χ4n) is 4.24. The summed E-state index contributed by atoms with van der Waals surface area (Å²) in [5, 5.41) is 10.7. The van der Waals surface area contributed by atoms with Crippen LogP contribution in [0.2, 0.25) is 0 Å². The SMILES string of the molecule is Oc1cc(OCCN2CCCC2)c2c(c1-c1ccccc1)CCCC2. The maximum Gasteiger partial charge on any atom is 0.127 e. The van der Waals surface area contributed by atoms with Crippen molar-refractivity contribution in [1.82, 2.24) is 4.90 Å². The summed E-state index contributed by atoms with van der Waals surface area (Å²) in [7, 11) is 0. The third-order valence-corrected chi connectivity index (χ3v) is 5.52. The maximum absolute atomic E-state index is 10.7. The highest BCUT2D eigenvalue weighted by Gasteiger charge is 2.22. The van der Waals surface area contributed by atoms with Gasteiger partial charge in [-0.25, -0.2) is 0 Å². The van der Waals surface area contributed by atoms with Gasteiger partial charge in [-0.2, -0.15) is 0 Å². The Morgan fingerprint density at radius 1 is 0.920 bits per heavy atom. The Bertz CT molecular complexity index is 721. The minimum Gasteiger partial charge on any atom is -0.507 e. The van der Waals surface area contributed by atoms with Crippen LogP contribution in [0.15, 0.2) is 36.4 Å². The Morgan fingerprint density at radius 2 is 1.64 bits per heavy atom. The molecule has 2 aromatic carbocycles. The molecule has 0 saturated carbocycles. The molecule has 1 aliphatic heterocycles. The molecule has 4 rings (SSSR count). The fraction of sp³-hybridized carbons (Fsp3) is 0.455. The van der Waals surface area contributed by atoms with Crippen molar-refractivity contribution in [2.24, 2.45) is 0 Å². The highest BCUT2D eigenvalue weighted by molar-refractivity contribution is 5.77. The highest BCUT2D eigenvalue weighted by Crippen LogP contribution is 2.43. The number of rotatable bonds is 5. The van der Waals surface area contributed by atoms with Gasteiger partial charge in [-0.05, 0) is 68.3 Å². The molecule has 0 radical (unpaired) electrons. The number of aromatic hydroxyl groups is 1. The minimum atomic E-state index is 0.350. The van der Waals surface area contributed by atoms with Crippen molar-refractivity contribution in [2.75, 3.05) is 26.2 Å². The lowest BCUT2D eigenvalue weighted by Gasteiger charge is -2.24. The normalized spacial score (nSPS) is 17.4. The smallest absolute Gasteiger partial charge is 0.127 e. The molecule has 0 spiro atoms. The second-order valence-corrected chi connectivity index (χ2v) is 7.20. The van der Waals surface area contributed by atoms with E-state index in [-0.39, 0.29) is 0 Å². The molecular weight excluding hydrogens is 310 g/mol. The molecule has 1 aliphatic carbocycles. The van der Waals surface area contributed by atoms with Gasteiger partial charge in [-0.3, -0.25) is 4.90 Å². The quantitative estimate of drug-likeness (QED) is 0.877. The van der Waals surface area contributed by atoms with Crippen LogP contribution in [0.1, 0.15) is 36.8 Å². The first-order valence-electron chi connectivity index (χ1n) is 9.61. The molecule has 25 heavy (non-hydrogen) atoms. The molecule has 0 amide bonds. The number of benzene rings is 2. The number of fused-ring (bicyclic) bond motifs is 1. The fourth-order valence-corrected chi connectivity index (χ4v) is 4.24. The summed E-state index contributed by atoms with van der Waals surface area (Å²) in [6.07, 6.45) is 7.08. The molecule has 1 heterocycles. The minimum absolute atomic E-state index is 0.350. The predicted octanol–water partition coefficient (Wildman–Crippen LogP) is 4.41. The number of hydrogen-bond acceptors (Lipinski definition) is 3. The largest absolute Gasteiger partial charge is 0.507 e. The Hall–Kier alpha value is -2.00. The van der Waals surface area contributed by atoms with Gasteiger partial charge in [-0.1, -0.05) is 30.3 Å². The number of hydrogen-bond donors (Lipinski definition) is 1. The topological polar surface area (TPSA) is 32.7 Å². The van der Waals surface area contributed by atoms with E-state index in [2.05, 4.69) is 17.0 Å². The monoisotopic (exact) mass is 337 g/mol. The summed E-state index contributed by atoms with van der Waals surface area (Å²) in [4.78, 5) is 2.46. The molecular formula is C22H27NO2. The van der Waals surface area contributed by atoms with Gasteiger partial charge in [0.05, 0.1) is 0 Å². The lowest BCUT2D eigenvalue weighted by Crippen LogP contribution is -2.25. The van der Waals surface area contributed by atoms with Crippen molar-refractivity contribution in [3.05, 3.63) is 47.5 Å². The summed E-state index contributed by atoms with van der Waals surface area (Å²) in [6, 6.07) is 12.1. The van der Waals surface area contributed by atoms with Gasteiger partial charge in [0, 0.05) is 18.2 Å². The molecule has 132 valence electrons. The zero-order chi connectivity index (χ0) is 17.1. The van der Waals surface area contributed by atoms with E-state index in [4.69, 9.17) is 4.74 Å². The van der Waals surface area contributed by atoms with Gasteiger partial charge in [0.15, 0.2) is 0 Å². The van der Waals surface area contributed by atoms with Gasteiger partial charge in [0.1, 0.15) is 18.1 Å². The van der Waals surface area contributed by atoms with Gasteiger partial charge >= 0.3 is 0 Å². The number of phenolic OH excluding ortho intramolecular Hbond substituents is 1. The molecule has 2 aromatic rings. The van der Waals surface area contributed by atoms with Crippen molar-refractivity contribution in [2.45, 2.75) is 38.5 Å². The van der Waals surface area contributed by atoms with Crippen molar-refractivity contribution in [3.8, 4) is 22.6 Å². The van der Waals surface area contributed by atoms with E-state index < -0.39 is 0 Å². The van der Waals surface area contributed by atoms with Crippen molar-refractivity contribution >= 4 is 0 Å².